The molecule has 200 valence electrons. The quantitative estimate of drug-likeness (QED) is 0.267. The number of aryl methyl sites for hydroxylation is 1. The average Bonchev–Trinajstić information content (AvgIpc) is 2.94. The number of fused-ring (bicyclic) bond motifs is 2. The first-order chi connectivity index (χ1) is 19.4. The molecule has 2 aromatic heterocycles. The lowest BCUT2D eigenvalue weighted by molar-refractivity contribution is 0.505. The number of rotatable bonds is 5. The van der Waals surface area contributed by atoms with Crippen LogP contribution >= 0.6 is 23.4 Å². The van der Waals surface area contributed by atoms with Crippen LogP contribution in [0.15, 0.2) is 109 Å². The summed E-state index contributed by atoms with van der Waals surface area (Å²) in [7, 11) is -3.91. The molecule has 40 heavy (non-hydrogen) atoms. The SMILES string of the molecule is Cc1ccc(N=c2oc(-c3cc4c(cc3Cl)SC(=NCCc3ccccn3)NS4(=O)=O)nc3ccccc23)cc1. The lowest BCUT2D eigenvalue weighted by Gasteiger charge is -2.20. The van der Waals surface area contributed by atoms with Crippen molar-refractivity contribution in [1.29, 1.82) is 0 Å². The van der Waals surface area contributed by atoms with Crippen molar-refractivity contribution in [3.63, 3.8) is 0 Å². The third kappa shape index (κ3) is 5.51. The van der Waals surface area contributed by atoms with E-state index in [9.17, 15) is 8.42 Å². The molecular formula is C29H22ClN5O3S2. The fourth-order valence-electron chi connectivity index (χ4n) is 4.13. The smallest absolute Gasteiger partial charge is 0.264 e. The molecular weight excluding hydrogens is 566 g/mol. The topological polar surface area (TPSA) is 110 Å². The highest BCUT2D eigenvalue weighted by molar-refractivity contribution is 8.16. The Morgan fingerprint density at radius 2 is 1.82 bits per heavy atom. The summed E-state index contributed by atoms with van der Waals surface area (Å²) in [5.41, 5.74) is 4.03. The Morgan fingerprint density at radius 3 is 2.62 bits per heavy atom. The fourth-order valence-corrected chi connectivity index (χ4v) is 7.09. The largest absolute Gasteiger partial charge is 0.419 e. The predicted molar refractivity (Wildman–Crippen MR) is 157 cm³/mol. The molecule has 11 heteroatoms. The highest BCUT2D eigenvalue weighted by Crippen LogP contribution is 2.39. The van der Waals surface area contributed by atoms with Gasteiger partial charge in [0.05, 0.1) is 27.2 Å². The van der Waals surface area contributed by atoms with Crippen LogP contribution in [-0.2, 0) is 16.4 Å². The Hall–Kier alpha value is -3.99. The van der Waals surface area contributed by atoms with Gasteiger partial charge in [-0.2, -0.15) is 0 Å². The highest BCUT2D eigenvalue weighted by atomic mass is 35.5. The van der Waals surface area contributed by atoms with Crippen LogP contribution in [0.25, 0.3) is 22.4 Å². The second-order valence-corrected chi connectivity index (χ2v) is 12.1. The number of para-hydroxylation sites is 1. The van der Waals surface area contributed by atoms with Gasteiger partial charge in [0.1, 0.15) is 4.90 Å². The molecule has 0 saturated carbocycles. The summed E-state index contributed by atoms with van der Waals surface area (Å²) >= 11 is 7.90. The van der Waals surface area contributed by atoms with Gasteiger partial charge in [0.25, 0.3) is 10.0 Å². The maximum absolute atomic E-state index is 13.2. The summed E-state index contributed by atoms with van der Waals surface area (Å²) in [5, 5.41) is 1.29. The number of aromatic nitrogens is 2. The van der Waals surface area contributed by atoms with Crippen LogP contribution in [0, 0.1) is 6.92 Å². The lowest BCUT2D eigenvalue weighted by Crippen LogP contribution is -2.33. The zero-order valence-corrected chi connectivity index (χ0v) is 23.6. The first-order valence-corrected chi connectivity index (χ1v) is 15.0. The van der Waals surface area contributed by atoms with Gasteiger partial charge in [-0.3, -0.25) is 14.7 Å². The maximum Gasteiger partial charge on any atom is 0.264 e. The summed E-state index contributed by atoms with van der Waals surface area (Å²) in [6.45, 7) is 2.39. The number of aliphatic imine (C=N–C) groups is 1. The number of hydrogen-bond acceptors (Lipinski definition) is 8. The van der Waals surface area contributed by atoms with Crippen molar-refractivity contribution < 1.29 is 12.8 Å². The van der Waals surface area contributed by atoms with Crippen LogP contribution in [0.4, 0.5) is 5.69 Å². The molecule has 5 aromatic rings. The van der Waals surface area contributed by atoms with E-state index in [2.05, 4.69) is 19.7 Å². The van der Waals surface area contributed by atoms with E-state index in [1.165, 1.54) is 17.8 Å². The van der Waals surface area contributed by atoms with Crippen molar-refractivity contribution in [2.45, 2.75) is 23.1 Å². The van der Waals surface area contributed by atoms with E-state index < -0.39 is 10.0 Å². The normalized spacial score (nSPS) is 15.7. The number of thioether (sulfide) groups is 1. The summed E-state index contributed by atoms with van der Waals surface area (Å²) in [4.78, 5) is 18.6. The van der Waals surface area contributed by atoms with E-state index in [-0.39, 0.29) is 16.0 Å². The van der Waals surface area contributed by atoms with E-state index in [1.807, 2.05) is 73.7 Å². The lowest BCUT2D eigenvalue weighted by atomic mass is 10.2. The summed E-state index contributed by atoms with van der Waals surface area (Å²) in [6.07, 6.45) is 2.30. The molecule has 1 aliphatic heterocycles. The molecule has 0 radical (unpaired) electrons. The minimum absolute atomic E-state index is 0.0720. The molecule has 0 saturated heterocycles. The van der Waals surface area contributed by atoms with Gasteiger partial charge in [-0.15, -0.1) is 0 Å². The Morgan fingerprint density at radius 1 is 1.02 bits per heavy atom. The zero-order chi connectivity index (χ0) is 27.7. The Balaban J connectivity index is 1.39. The molecule has 0 amide bonds. The van der Waals surface area contributed by atoms with Gasteiger partial charge in [-0.05, 0) is 55.5 Å². The fraction of sp³-hybridized carbons (Fsp3) is 0.103. The third-order valence-electron chi connectivity index (χ3n) is 6.15. The van der Waals surface area contributed by atoms with Crippen LogP contribution in [0.1, 0.15) is 11.3 Å². The van der Waals surface area contributed by atoms with E-state index in [4.69, 9.17) is 21.0 Å². The van der Waals surface area contributed by atoms with Crippen molar-refractivity contribution in [3.05, 3.63) is 107 Å². The molecule has 0 aliphatic carbocycles. The molecule has 0 bridgehead atoms. The van der Waals surface area contributed by atoms with Crippen LogP contribution in [0.3, 0.4) is 0 Å². The number of amidine groups is 1. The van der Waals surface area contributed by atoms with Crippen LogP contribution in [0.5, 0.6) is 0 Å². The first-order valence-electron chi connectivity index (χ1n) is 12.4. The molecule has 1 N–H and O–H groups in total. The summed E-state index contributed by atoms with van der Waals surface area (Å²) in [5.74, 6) is 0.160. The van der Waals surface area contributed by atoms with E-state index in [0.29, 0.717) is 45.2 Å². The monoisotopic (exact) mass is 587 g/mol. The maximum atomic E-state index is 13.2. The minimum Gasteiger partial charge on any atom is -0.419 e. The Labute approximate surface area is 240 Å². The number of benzene rings is 3. The zero-order valence-electron chi connectivity index (χ0n) is 21.2. The van der Waals surface area contributed by atoms with Crippen molar-refractivity contribution >= 4 is 55.1 Å². The van der Waals surface area contributed by atoms with Gasteiger partial charge in [-0.1, -0.05) is 59.3 Å². The number of halogens is 1. The molecule has 0 unspecified atom stereocenters. The molecule has 3 heterocycles. The van der Waals surface area contributed by atoms with Crippen molar-refractivity contribution in [3.8, 4) is 11.5 Å². The number of hydrogen-bond donors (Lipinski definition) is 1. The van der Waals surface area contributed by atoms with Gasteiger partial charge in [0, 0.05) is 29.8 Å². The van der Waals surface area contributed by atoms with Gasteiger partial charge < -0.3 is 4.42 Å². The van der Waals surface area contributed by atoms with Crippen molar-refractivity contribution in [2.75, 3.05) is 6.54 Å². The summed E-state index contributed by atoms with van der Waals surface area (Å²) in [6, 6.07) is 23.9. The van der Waals surface area contributed by atoms with E-state index in [1.54, 1.807) is 12.3 Å². The number of nitrogens with one attached hydrogen (secondary N) is 1. The van der Waals surface area contributed by atoms with Crippen molar-refractivity contribution in [2.24, 2.45) is 9.98 Å². The predicted octanol–water partition coefficient (Wildman–Crippen LogP) is 6.07. The van der Waals surface area contributed by atoms with Crippen LogP contribution in [-0.4, -0.2) is 30.1 Å². The first kappa shape index (κ1) is 26.2. The Kier molecular flexibility index (Phi) is 7.14. The van der Waals surface area contributed by atoms with Crippen molar-refractivity contribution in [1.82, 2.24) is 14.7 Å². The van der Waals surface area contributed by atoms with Gasteiger partial charge in [0.2, 0.25) is 11.4 Å². The second kappa shape index (κ2) is 10.9. The van der Waals surface area contributed by atoms with Gasteiger partial charge in [0.15, 0.2) is 5.17 Å². The van der Waals surface area contributed by atoms with Crippen LogP contribution < -0.4 is 10.3 Å². The third-order valence-corrected chi connectivity index (χ3v) is 9.08. The van der Waals surface area contributed by atoms with Gasteiger partial charge >= 0.3 is 0 Å². The molecule has 8 nitrogen and oxygen atoms in total. The summed E-state index contributed by atoms with van der Waals surface area (Å²) < 4.78 is 35.2. The number of pyridine rings is 1. The minimum atomic E-state index is -3.91. The van der Waals surface area contributed by atoms with Gasteiger partial charge in [-0.25, -0.2) is 18.4 Å². The standard InChI is InChI=1S/C29H22ClN5O3S2/c1-18-9-11-20(12-10-18)33-27-21-7-2-3-8-24(21)34-28(38-27)22-16-26-25(17-23(22)30)39-29(35-40(26,36)37)32-15-13-19-6-4-5-14-31-19/h2-12,14,16-17H,13,15H2,1H3,(H,32,35). The molecule has 3 aromatic carbocycles. The number of sulfonamides is 1. The van der Waals surface area contributed by atoms with E-state index >= 15 is 0 Å². The van der Waals surface area contributed by atoms with Crippen LogP contribution in [0.2, 0.25) is 5.02 Å². The molecule has 0 spiro atoms. The van der Waals surface area contributed by atoms with E-state index in [0.717, 1.165) is 16.6 Å². The average molecular weight is 588 g/mol. The molecule has 0 atom stereocenters. The highest BCUT2D eigenvalue weighted by Gasteiger charge is 2.30. The molecule has 1 aliphatic rings. The molecule has 6 rings (SSSR count). The molecule has 0 fully saturated rings. The number of nitrogens with zero attached hydrogens (tertiary/aromatic N) is 4. The second-order valence-electron chi connectivity index (χ2n) is 9.03. The Bertz CT molecular complexity index is 1940.